The number of carboxylic acids is 1. The fraction of sp³-hybridized carbons (Fsp3) is 0.231. The molecule has 1 N–H and O–H groups in total. The van der Waals surface area contributed by atoms with Crippen LogP contribution in [0.25, 0.3) is 11.3 Å². The number of hydrogen-bond donors (Lipinski definition) is 1. The summed E-state index contributed by atoms with van der Waals surface area (Å²) in [7, 11) is 0. The lowest BCUT2D eigenvalue weighted by Crippen LogP contribution is -2.31. The molecule has 5 nitrogen and oxygen atoms in total. The van der Waals surface area contributed by atoms with Gasteiger partial charge >= 0.3 is 5.97 Å². The summed E-state index contributed by atoms with van der Waals surface area (Å²) in [6, 6.07) is 5.49. The summed E-state index contributed by atoms with van der Waals surface area (Å²) in [5.41, 5.74) is 1.69. The molecular formula is C13H10BrNO4. The Kier molecular flexibility index (Phi) is 3.02. The number of hydrogen-bond acceptors (Lipinski definition) is 4. The van der Waals surface area contributed by atoms with E-state index < -0.39 is 12.1 Å². The molecule has 0 amide bonds. The van der Waals surface area contributed by atoms with Crippen molar-refractivity contribution in [1.29, 1.82) is 0 Å². The summed E-state index contributed by atoms with van der Waals surface area (Å²) in [5.74, 6) is 0.180. The molecule has 0 bridgehead atoms. The van der Waals surface area contributed by atoms with Gasteiger partial charge in [-0.2, -0.15) is 0 Å². The molecule has 2 aromatic rings. The number of aromatic nitrogens is 1. The van der Waals surface area contributed by atoms with E-state index in [0.717, 1.165) is 10.0 Å². The summed E-state index contributed by atoms with van der Waals surface area (Å²) in [4.78, 5) is 11.1. The molecular weight excluding hydrogens is 314 g/mol. The number of aliphatic carboxylic acids is 1. The Morgan fingerprint density at radius 2 is 2.32 bits per heavy atom. The molecule has 1 aromatic heterocycles. The number of nitrogens with zero attached hydrogens (tertiary/aromatic N) is 1. The van der Waals surface area contributed by atoms with Gasteiger partial charge in [0.25, 0.3) is 0 Å². The fourth-order valence-electron chi connectivity index (χ4n) is 2.17. The Balaban J connectivity index is 2.11. The molecule has 1 aromatic carbocycles. The van der Waals surface area contributed by atoms with Crippen molar-refractivity contribution in [2.24, 2.45) is 0 Å². The van der Waals surface area contributed by atoms with Gasteiger partial charge in [-0.15, -0.1) is 0 Å². The van der Waals surface area contributed by atoms with Gasteiger partial charge in [0.1, 0.15) is 5.75 Å². The summed E-state index contributed by atoms with van der Waals surface area (Å²) in [5, 5.41) is 12.7. The second-order valence-electron chi connectivity index (χ2n) is 4.30. The third-order valence-electron chi connectivity index (χ3n) is 3.05. The number of aryl methyl sites for hydroxylation is 1. The molecule has 98 valence electrons. The van der Waals surface area contributed by atoms with E-state index in [1.165, 1.54) is 0 Å². The van der Waals surface area contributed by atoms with E-state index in [-0.39, 0.29) is 0 Å². The van der Waals surface area contributed by atoms with Gasteiger partial charge in [0.05, 0.1) is 11.8 Å². The van der Waals surface area contributed by atoms with Crippen LogP contribution in [0.1, 0.15) is 12.0 Å². The number of ether oxygens (including phenoxy) is 1. The first kappa shape index (κ1) is 12.2. The topological polar surface area (TPSA) is 72.6 Å². The van der Waals surface area contributed by atoms with Crippen molar-refractivity contribution >= 4 is 21.9 Å². The summed E-state index contributed by atoms with van der Waals surface area (Å²) >= 11 is 3.44. The van der Waals surface area contributed by atoms with Crippen LogP contribution in [0.5, 0.6) is 5.75 Å². The highest BCUT2D eigenvalue weighted by atomic mass is 79.9. The van der Waals surface area contributed by atoms with Crippen LogP contribution in [-0.2, 0) is 11.2 Å². The molecule has 3 rings (SSSR count). The van der Waals surface area contributed by atoms with Crippen molar-refractivity contribution in [2.45, 2.75) is 18.9 Å². The van der Waals surface area contributed by atoms with Crippen molar-refractivity contribution in [3.8, 4) is 17.1 Å². The molecule has 19 heavy (non-hydrogen) atoms. The normalized spacial score (nSPS) is 17.6. The van der Waals surface area contributed by atoms with Crippen LogP contribution in [-0.4, -0.2) is 22.3 Å². The molecule has 0 saturated carbocycles. The largest absolute Gasteiger partial charge is 0.479 e. The van der Waals surface area contributed by atoms with Crippen LogP contribution in [0.15, 0.2) is 33.4 Å². The molecule has 0 aliphatic carbocycles. The van der Waals surface area contributed by atoms with Gasteiger partial charge < -0.3 is 14.4 Å². The van der Waals surface area contributed by atoms with Gasteiger partial charge in [-0.25, -0.2) is 4.79 Å². The number of fused-ring (bicyclic) bond motifs is 1. The highest BCUT2D eigenvalue weighted by Gasteiger charge is 2.28. The second-order valence-corrected chi connectivity index (χ2v) is 5.22. The average Bonchev–Trinajstić information content (AvgIpc) is 2.90. The van der Waals surface area contributed by atoms with Crippen LogP contribution in [0.4, 0.5) is 0 Å². The van der Waals surface area contributed by atoms with E-state index in [1.807, 2.05) is 12.1 Å². The number of benzene rings is 1. The number of carbonyl (C=O) groups is 1. The Bertz CT molecular complexity index is 624. The zero-order valence-electron chi connectivity index (χ0n) is 9.80. The Labute approximate surface area is 117 Å². The molecule has 1 aliphatic heterocycles. The van der Waals surface area contributed by atoms with Gasteiger partial charge in [0, 0.05) is 10.5 Å². The highest BCUT2D eigenvalue weighted by molar-refractivity contribution is 9.10. The van der Waals surface area contributed by atoms with Crippen LogP contribution >= 0.6 is 15.9 Å². The van der Waals surface area contributed by atoms with Crippen molar-refractivity contribution in [2.75, 3.05) is 0 Å². The Hall–Kier alpha value is -1.82. The lowest BCUT2D eigenvalue weighted by atomic mass is 9.98. The lowest BCUT2D eigenvalue weighted by molar-refractivity contribution is -0.145. The minimum Gasteiger partial charge on any atom is -0.479 e. The van der Waals surface area contributed by atoms with Gasteiger partial charge in [-0.3, -0.25) is 0 Å². The zero-order chi connectivity index (χ0) is 13.4. The first-order valence-corrected chi connectivity index (χ1v) is 6.57. The van der Waals surface area contributed by atoms with Crippen LogP contribution in [0, 0.1) is 0 Å². The smallest absolute Gasteiger partial charge is 0.344 e. The molecule has 1 atom stereocenters. The SMILES string of the molecule is O=C(O)C1CCc2cc(Br)cc(-c3ccno3)c2O1. The summed E-state index contributed by atoms with van der Waals surface area (Å²) < 4.78 is 11.6. The van der Waals surface area contributed by atoms with Gasteiger partial charge in [0.15, 0.2) is 11.9 Å². The molecule has 1 aliphatic rings. The van der Waals surface area contributed by atoms with Crippen LogP contribution < -0.4 is 4.74 Å². The maximum Gasteiger partial charge on any atom is 0.344 e. The van der Waals surface area contributed by atoms with Gasteiger partial charge in [0.2, 0.25) is 0 Å². The Morgan fingerprint density at radius 3 is 3.00 bits per heavy atom. The minimum absolute atomic E-state index is 0.467. The summed E-state index contributed by atoms with van der Waals surface area (Å²) in [6.07, 6.45) is 1.86. The van der Waals surface area contributed by atoms with Gasteiger partial charge in [-0.05, 0) is 30.5 Å². The van der Waals surface area contributed by atoms with Crippen molar-refractivity contribution in [3.05, 3.63) is 34.4 Å². The molecule has 2 heterocycles. The lowest BCUT2D eigenvalue weighted by Gasteiger charge is -2.25. The third-order valence-corrected chi connectivity index (χ3v) is 3.50. The predicted molar refractivity (Wildman–Crippen MR) is 70.0 cm³/mol. The van der Waals surface area contributed by atoms with Crippen LogP contribution in [0.3, 0.4) is 0 Å². The first-order chi connectivity index (χ1) is 9.15. The highest BCUT2D eigenvalue weighted by Crippen LogP contribution is 2.40. The van der Waals surface area contributed by atoms with E-state index in [1.54, 1.807) is 12.3 Å². The molecule has 6 heteroatoms. The van der Waals surface area contributed by atoms with Crippen molar-refractivity contribution < 1.29 is 19.2 Å². The maximum absolute atomic E-state index is 11.1. The number of carboxylic acid groups (broad SMARTS) is 1. The Morgan fingerprint density at radius 1 is 1.47 bits per heavy atom. The molecule has 0 radical (unpaired) electrons. The molecule has 0 spiro atoms. The van der Waals surface area contributed by atoms with Gasteiger partial charge in [-0.1, -0.05) is 21.1 Å². The predicted octanol–water partition coefficient (Wildman–Crippen LogP) is 2.88. The molecule has 0 saturated heterocycles. The minimum atomic E-state index is -0.947. The van der Waals surface area contributed by atoms with Crippen molar-refractivity contribution in [3.63, 3.8) is 0 Å². The van der Waals surface area contributed by atoms with E-state index in [9.17, 15) is 4.79 Å². The zero-order valence-corrected chi connectivity index (χ0v) is 11.4. The monoisotopic (exact) mass is 323 g/mol. The van der Waals surface area contributed by atoms with E-state index in [2.05, 4.69) is 21.1 Å². The molecule has 1 unspecified atom stereocenters. The first-order valence-electron chi connectivity index (χ1n) is 5.78. The van der Waals surface area contributed by atoms with E-state index >= 15 is 0 Å². The summed E-state index contributed by atoms with van der Waals surface area (Å²) in [6.45, 7) is 0. The van der Waals surface area contributed by atoms with E-state index in [0.29, 0.717) is 29.9 Å². The average molecular weight is 324 g/mol. The van der Waals surface area contributed by atoms with E-state index in [4.69, 9.17) is 14.4 Å². The van der Waals surface area contributed by atoms with Crippen molar-refractivity contribution in [1.82, 2.24) is 5.16 Å². The third kappa shape index (κ3) is 2.23. The second kappa shape index (κ2) is 4.70. The van der Waals surface area contributed by atoms with Crippen LogP contribution in [0.2, 0.25) is 0 Å². The standard InChI is InChI=1S/C13H10BrNO4/c14-8-5-7-1-2-11(13(16)17)18-12(7)9(6-8)10-3-4-15-19-10/h3-6,11H,1-2H2,(H,16,17). The maximum atomic E-state index is 11.1. The quantitative estimate of drug-likeness (QED) is 0.919. The molecule has 0 fully saturated rings. The number of rotatable bonds is 2. The fourth-order valence-corrected chi connectivity index (χ4v) is 2.68. The number of halogens is 1.